The Morgan fingerprint density at radius 2 is 2.46 bits per heavy atom. The zero-order chi connectivity index (χ0) is 9.52. The van der Waals surface area contributed by atoms with Crippen molar-refractivity contribution in [3.63, 3.8) is 0 Å². The number of nitrogens with zero attached hydrogens (tertiary/aromatic N) is 3. The average molecular weight is 184 g/mol. The highest BCUT2D eigenvalue weighted by molar-refractivity contribution is 4.92. The fourth-order valence-electron chi connectivity index (χ4n) is 1.08. The standard InChI is InChI=1S/C8H16N4O/c1-13-6-2-5-12-7-8(3-4-9)10-11-12/h7H,2-6,9H2,1H3. The maximum Gasteiger partial charge on any atom is 0.0839 e. The van der Waals surface area contributed by atoms with E-state index in [0.29, 0.717) is 6.54 Å². The van der Waals surface area contributed by atoms with Gasteiger partial charge in [0.1, 0.15) is 0 Å². The Labute approximate surface area is 77.9 Å². The number of ether oxygens (including phenoxy) is 1. The predicted octanol–water partition coefficient (Wildman–Crippen LogP) is -0.184. The summed E-state index contributed by atoms with van der Waals surface area (Å²) >= 11 is 0. The van der Waals surface area contributed by atoms with Crippen molar-refractivity contribution in [1.29, 1.82) is 0 Å². The van der Waals surface area contributed by atoms with E-state index in [2.05, 4.69) is 10.3 Å². The largest absolute Gasteiger partial charge is 0.385 e. The summed E-state index contributed by atoms with van der Waals surface area (Å²) in [6.07, 6.45) is 3.69. The second-order valence-electron chi connectivity index (χ2n) is 2.86. The highest BCUT2D eigenvalue weighted by Gasteiger charge is 1.98. The molecule has 13 heavy (non-hydrogen) atoms. The lowest BCUT2D eigenvalue weighted by molar-refractivity contribution is 0.188. The molecule has 74 valence electrons. The van der Waals surface area contributed by atoms with Crippen LogP contribution in [0.2, 0.25) is 0 Å². The van der Waals surface area contributed by atoms with Crippen LogP contribution < -0.4 is 5.73 Å². The van der Waals surface area contributed by atoms with Crippen molar-refractivity contribution in [2.45, 2.75) is 19.4 Å². The van der Waals surface area contributed by atoms with Gasteiger partial charge in [-0.15, -0.1) is 5.10 Å². The third-order valence-electron chi connectivity index (χ3n) is 1.72. The minimum atomic E-state index is 0.622. The van der Waals surface area contributed by atoms with Crippen LogP contribution in [0.4, 0.5) is 0 Å². The molecule has 0 aliphatic heterocycles. The molecule has 0 aliphatic rings. The molecule has 0 saturated heterocycles. The van der Waals surface area contributed by atoms with Gasteiger partial charge in [0.2, 0.25) is 0 Å². The Morgan fingerprint density at radius 1 is 1.62 bits per heavy atom. The van der Waals surface area contributed by atoms with Crippen LogP contribution in [0.25, 0.3) is 0 Å². The van der Waals surface area contributed by atoms with Crippen LogP contribution in [0.15, 0.2) is 6.20 Å². The van der Waals surface area contributed by atoms with Gasteiger partial charge < -0.3 is 10.5 Å². The maximum absolute atomic E-state index is 5.39. The first kappa shape index (κ1) is 10.1. The number of aryl methyl sites for hydroxylation is 1. The topological polar surface area (TPSA) is 66.0 Å². The van der Waals surface area contributed by atoms with Crippen molar-refractivity contribution in [2.75, 3.05) is 20.3 Å². The second-order valence-corrected chi connectivity index (χ2v) is 2.86. The fourth-order valence-corrected chi connectivity index (χ4v) is 1.08. The van der Waals surface area contributed by atoms with E-state index in [1.807, 2.05) is 10.9 Å². The molecule has 0 saturated carbocycles. The van der Waals surface area contributed by atoms with Gasteiger partial charge in [-0.1, -0.05) is 5.21 Å². The third kappa shape index (κ3) is 3.52. The molecule has 0 amide bonds. The summed E-state index contributed by atoms with van der Waals surface area (Å²) in [5.41, 5.74) is 6.35. The lowest BCUT2D eigenvalue weighted by atomic mass is 10.3. The van der Waals surface area contributed by atoms with E-state index >= 15 is 0 Å². The van der Waals surface area contributed by atoms with Crippen LogP contribution >= 0.6 is 0 Å². The molecule has 1 heterocycles. The summed E-state index contributed by atoms with van der Waals surface area (Å²) in [5, 5.41) is 7.94. The molecule has 0 aliphatic carbocycles. The molecule has 0 bridgehead atoms. The number of aromatic nitrogens is 3. The summed E-state index contributed by atoms with van der Waals surface area (Å²) in [6.45, 7) is 2.23. The Morgan fingerprint density at radius 3 is 3.15 bits per heavy atom. The van der Waals surface area contributed by atoms with Gasteiger partial charge in [-0.2, -0.15) is 0 Å². The maximum atomic E-state index is 5.39. The Bertz CT molecular complexity index is 236. The smallest absolute Gasteiger partial charge is 0.0839 e. The van der Waals surface area contributed by atoms with Crippen molar-refractivity contribution in [3.8, 4) is 0 Å². The Balaban J connectivity index is 2.31. The number of methoxy groups -OCH3 is 1. The molecule has 2 N–H and O–H groups in total. The van der Waals surface area contributed by atoms with E-state index in [-0.39, 0.29) is 0 Å². The fraction of sp³-hybridized carbons (Fsp3) is 0.750. The minimum Gasteiger partial charge on any atom is -0.385 e. The van der Waals surface area contributed by atoms with Crippen LogP contribution in [0.1, 0.15) is 12.1 Å². The Kier molecular flexibility index (Phi) is 4.42. The molecule has 0 aromatic carbocycles. The molecule has 5 heteroatoms. The summed E-state index contributed by atoms with van der Waals surface area (Å²) in [7, 11) is 1.70. The summed E-state index contributed by atoms with van der Waals surface area (Å²) in [6, 6.07) is 0. The van der Waals surface area contributed by atoms with Crippen LogP contribution in [0, 0.1) is 0 Å². The zero-order valence-electron chi connectivity index (χ0n) is 7.94. The van der Waals surface area contributed by atoms with E-state index in [1.165, 1.54) is 0 Å². The Hall–Kier alpha value is -0.940. The highest BCUT2D eigenvalue weighted by Crippen LogP contribution is 1.94. The first-order chi connectivity index (χ1) is 6.36. The number of rotatable bonds is 6. The molecule has 0 radical (unpaired) electrons. The molecular weight excluding hydrogens is 168 g/mol. The predicted molar refractivity (Wildman–Crippen MR) is 49.3 cm³/mol. The van der Waals surface area contributed by atoms with Crippen molar-refractivity contribution >= 4 is 0 Å². The van der Waals surface area contributed by atoms with Gasteiger partial charge >= 0.3 is 0 Å². The van der Waals surface area contributed by atoms with Crippen LogP contribution in [-0.2, 0) is 17.7 Å². The van der Waals surface area contributed by atoms with Crippen LogP contribution in [-0.4, -0.2) is 35.3 Å². The molecule has 0 atom stereocenters. The summed E-state index contributed by atoms with van der Waals surface area (Å²) in [4.78, 5) is 0. The van der Waals surface area contributed by atoms with Gasteiger partial charge in [0.25, 0.3) is 0 Å². The number of hydrogen-bond donors (Lipinski definition) is 1. The van der Waals surface area contributed by atoms with E-state index in [4.69, 9.17) is 10.5 Å². The van der Waals surface area contributed by atoms with Crippen molar-refractivity contribution in [2.24, 2.45) is 5.73 Å². The normalized spacial score (nSPS) is 10.6. The molecule has 0 unspecified atom stereocenters. The van der Waals surface area contributed by atoms with E-state index in [0.717, 1.165) is 31.7 Å². The van der Waals surface area contributed by atoms with Crippen molar-refractivity contribution in [1.82, 2.24) is 15.0 Å². The molecule has 0 fully saturated rings. The van der Waals surface area contributed by atoms with E-state index in [1.54, 1.807) is 7.11 Å². The van der Waals surface area contributed by atoms with Crippen LogP contribution in [0.3, 0.4) is 0 Å². The highest BCUT2D eigenvalue weighted by atomic mass is 16.5. The molecule has 1 aromatic rings. The van der Waals surface area contributed by atoms with Gasteiger partial charge in [0, 0.05) is 32.9 Å². The second kappa shape index (κ2) is 5.66. The molecule has 0 spiro atoms. The van der Waals surface area contributed by atoms with Gasteiger partial charge in [-0.25, -0.2) is 0 Å². The quantitative estimate of drug-likeness (QED) is 0.623. The SMILES string of the molecule is COCCCn1cc(CCN)nn1. The van der Waals surface area contributed by atoms with Crippen molar-refractivity contribution in [3.05, 3.63) is 11.9 Å². The monoisotopic (exact) mass is 184 g/mol. The lowest BCUT2D eigenvalue weighted by Gasteiger charge is -1.98. The lowest BCUT2D eigenvalue weighted by Crippen LogP contribution is -2.03. The first-order valence-corrected chi connectivity index (χ1v) is 4.45. The third-order valence-corrected chi connectivity index (χ3v) is 1.72. The number of hydrogen-bond acceptors (Lipinski definition) is 4. The molecular formula is C8H16N4O. The van der Waals surface area contributed by atoms with Gasteiger partial charge in [-0.05, 0) is 13.0 Å². The van der Waals surface area contributed by atoms with Gasteiger partial charge in [0.15, 0.2) is 0 Å². The average Bonchev–Trinajstić information content (AvgIpc) is 2.54. The van der Waals surface area contributed by atoms with E-state index in [9.17, 15) is 0 Å². The number of nitrogens with two attached hydrogens (primary N) is 1. The zero-order valence-corrected chi connectivity index (χ0v) is 7.94. The molecule has 1 aromatic heterocycles. The van der Waals surface area contributed by atoms with Crippen molar-refractivity contribution < 1.29 is 4.74 Å². The summed E-state index contributed by atoms with van der Waals surface area (Å²) < 4.78 is 6.76. The minimum absolute atomic E-state index is 0.622. The molecule has 5 nitrogen and oxygen atoms in total. The van der Waals surface area contributed by atoms with Crippen LogP contribution in [0.5, 0.6) is 0 Å². The van der Waals surface area contributed by atoms with Gasteiger partial charge in [0.05, 0.1) is 5.69 Å². The van der Waals surface area contributed by atoms with Gasteiger partial charge in [-0.3, -0.25) is 4.68 Å². The summed E-state index contributed by atoms with van der Waals surface area (Å²) in [5.74, 6) is 0. The van der Waals surface area contributed by atoms with E-state index < -0.39 is 0 Å². The first-order valence-electron chi connectivity index (χ1n) is 4.45. The molecule has 1 rings (SSSR count).